The Bertz CT molecular complexity index is 631. The van der Waals surface area contributed by atoms with E-state index in [4.69, 9.17) is 22.1 Å². The number of carbonyl (C=O) groups is 1. The molecule has 0 aromatic heterocycles. The monoisotopic (exact) mass is 287 g/mol. The van der Waals surface area contributed by atoms with Gasteiger partial charge in [-0.1, -0.05) is 23.7 Å². The first-order valence-corrected chi connectivity index (χ1v) is 6.39. The van der Waals surface area contributed by atoms with E-state index in [-0.39, 0.29) is 5.78 Å². The molecule has 0 unspecified atom stereocenters. The highest BCUT2D eigenvalue weighted by molar-refractivity contribution is 6.30. The molecule has 0 aliphatic heterocycles. The van der Waals surface area contributed by atoms with E-state index in [1.54, 1.807) is 55.6 Å². The van der Waals surface area contributed by atoms with Crippen molar-refractivity contribution < 1.29 is 9.53 Å². The number of rotatable bonds is 4. The van der Waals surface area contributed by atoms with Crippen molar-refractivity contribution in [3.8, 4) is 5.75 Å². The van der Waals surface area contributed by atoms with Crippen molar-refractivity contribution in [3.63, 3.8) is 0 Å². The molecular weight excluding hydrogens is 274 g/mol. The largest absolute Gasteiger partial charge is 0.497 e. The molecule has 102 valence electrons. The first-order chi connectivity index (χ1) is 9.60. The third-order valence-electron chi connectivity index (χ3n) is 2.84. The maximum Gasteiger partial charge on any atom is 0.187 e. The lowest BCUT2D eigenvalue weighted by atomic mass is 10.1. The maximum absolute atomic E-state index is 12.1. The van der Waals surface area contributed by atoms with Crippen molar-refractivity contribution in [2.24, 2.45) is 5.73 Å². The molecule has 2 aromatic carbocycles. The second-order valence-electron chi connectivity index (χ2n) is 4.20. The summed E-state index contributed by atoms with van der Waals surface area (Å²) >= 11 is 5.81. The number of nitrogens with two attached hydrogens (primary N) is 1. The van der Waals surface area contributed by atoms with Crippen LogP contribution in [0.5, 0.6) is 5.75 Å². The van der Waals surface area contributed by atoms with E-state index in [2.05, 4.69) is 0 Å². The summed E-state index contributed by atoms with van der Waals surface area (Å²) in [6, 6.07) is 13.9. The fourth-order valence-electron chi connectivity index (χ4n) is 1.71. The molecule has 0 bridgehead atoms. The molecule has 2 N–H and O–H groups in total. The number of halogens is 1. The number of ketones is 1. The molecule has 20 heavy (non-hydrogen) atoms. The quantitative estimate of drug-likeness (QED) is 0.691. The summed E-state index contributed by atoms with van der Waals surface area (Å²) in [5.74, 6) is 0.552. The second kappa shape index (κ2) is 6.26. The molecule has 0 aliphatic rings. The molecule has 0 saturated carbocycles. The molecule has 0 atom stereocenters. The highest BCUT2D eigenvalue weighted by Crippen LogP contribution is 2.16. The minimum atomic E-state index is -0.153. The van der Waals surface area contributed by atoms with Crippen LogP contribution in [0.15, 0.2) is 54.6 Å². The van der Waals surface area contributed by atoms with Gasteiger partial charge in [-0.3, -0.25) is 4.79 Å². The van der Waals surface area contributed by atoms with Crippen LogP contribution in [-0.2, 0) is 0 Å². The first-order valence-electron chi connectivity index (χ1n) is 6.01. The van der Waals surface area contributed by atoms with Crippen LogP contribution in [-0.4, -0.2) is 12.9 Å². The number of hydrogen-bond acceptors (Lipinski definition) is 3. The topological polar surface area (TPSA) is 52.3 Å². The Kier molecular flexibility index (Phi) is 4.43. The summed E-state index contributed by atoms with van der Waals surface area (Å²) < 4.78 is 5.05. The normalized spacial score (nSPS) is 11.2. The highest BCUT2D eigenvalue weighted by Gasteiger charge is 2.05. The van der Waals surface area contributed by atoms with Crippen molar-refractivity contribution in [2.75, 3.05) is 7.11 Å². The Balaban J connectivity index is 2.20. The molecule has 0 aliphatic carbocycles. The van der Waals surface area contributed by atoms with E-state index in [0.717, 1.165) is 5.56 Å². The van der Waals surface area contributed by atoms with Crippen molar-refractivity contribution in [1.82, 2.24) is 0 Å². The zero-order chi connectivity index (χ0) is 14.5. The average molecular weight is 288 g/mol. The lowest BCUT2D eigenvalue weighted by Gasteiger charge is -2.03. The van der Waals surface area contributed by atoms with E-state index in [1.165, 1.54) is 6.08 Å². The minimum absolute atomic E-state index is 0.153. The van der Waals surface area contributed by atoms with Crippen molar-refractivity contribution in [2.45, 2.75) is 0 Å². The van der Waals surface area contributed by atoms with Crippen LogP contribution in [0.3, 0.4) is 0 Å². The zero-order valence-electron chi connectivity index (χ0n) is 11.0. The Morgan fingerprint density at radius 3 is 2.15 bits per heavy atom. The van der Waals surface area contributed by atoms with Gasteiger partial charge < -0.3 is 10.5 Å². The number of carbonyl (C=O) groups excluding carboxylic acids is 1. The third kappa shape index (κ3) is 3.39. The van der Waals surface area contributed by atoms with Crippen LogP contribution in [0.4, 0.5) is 0 Å². The number of ether oxygens (including phenoxy) is 1. The minimum Gasteiger partial charge on any atom is -0.497 e. The molecule has 0 spiro atoms. The van der Waals surface area contributed by atoms with Gasteiger partial charge in [-0.15, -0.1) is 0 Å². The summed E-state index contributed by atoms with van der Waals surface area (Å²) in [6.45, 7) is 0. The molecule has 4 heteroatoms. The molecule has 0 saturated heterocycles. The number of hydrogen-bond donors (Lipinski definition) is 1. The predicted molar refractivity (Wildman–Crippen MR) is 80.9 cm³/mol. The Hall–Kier alpha value is -2.26. The van der Waals surface area contributed by atoms with E-state index < -0.39 is 0 Å². The van der Waals surface area contributed by atoms with Crippen molar-refractivity contribution in [3.05, 3.63) is 70.8 Å². The molecule has 3 nitrogen and oxygen atoms in total. The highest BCUT2D eigenvalue weighted by atomic mass is 35.5. The molecule has 0 heterocycles. The Morgan fingerprint density at radius 2 is 1.60 bits per heavy atom. The average Bonchev–Trinajstić information content (AvgIpc) is 2.48. The molecule has 2 aromatic rings. The molecule has 0 amide bonds. The van der Waals surface area contributed by atoms with E-state index in [1.807, 2.05) is 0 Å². The van der Waals surface area contributed by atoms with Gasteiger partial charge in [-0.25, -0.2) is 0 Å². The van der Waals surface area contributed by atoms with Gasteiger partial charge in [-0.2, -0.15) is 0 Å². The standard InChI is InChI=1S/C16H14ClNO2/c1-20-14-8-4-12(5-9-14)16(19)10-15(18)11-2-6-13(17)7-3-11/h2-10H,18H2,1H3/b15-10-. The molecule has 0 radical (unpaired) electrons. The van der Waals surface area contributed by atoms with Gasteiger partial charge in [0.15, 0.2) is 5.78 Å². The van der Waals surface area contributed by atoms with Gasteiger partial charge >= 0.3 is 0 Å². The lowest BCUT2D eigenvalue weighted by Crippen LogP contribution is -2.02. The van der Waals surface area contributed by atoms with Crippen molar-refractivity contribution in [1.29, 1.82) is 0 Å². The Morgan fingerprint density at radius 1 is 1.05 bits per heavy atom. The Labute approximate surface area is 122 Å². The van der Waals surface area contributed by atoms with Gasteiger partial charge in [-0.05, 0) is 42.0 Å². The van der Waals surface area contributed by atoms with Gasteiger partial charge in [0.25, 0.3) is 0 Å². The summed E-state index contributed by atoms with van der Waals surface area (Å²) in [5, 5.41) is 0.628. The van der Waals surface area contributed by atoms with Crippen LogP contribution in [0.25, 0.3) is 5.70 Å². The van der Waals surface area contributed by atoms with Gasteiger partial charge in [0.05, 0.1) is 7.11 Å². The van der Waals surface area contributed by atoms with Crippen LogP contribution in [0.2, 0.25) is 5.02 Å². The predicted octanol–water partition coefficient (Wildman–Crippen LogP) is 3.53. The van der Waals surface area contributed by atoms with Crippen LogP contribution in [0.1, 0.15) is 15.9 Å². The fourth-order valence-corrected chi connectivity index (χ4v) is 1.83. The van der Waals surface area contributed by atoms with Crippen molar-refractivity contribution >= 4 is 23.1 Å². The summed E-state index contributed by atoms with van der Waals surface area (Å²) in [4.78, 5) is 12.1. The first kappa shape index (κ1) is 14.2. The van der Waals surface area contributed by atoms with E-state index >= 15 is 0 Å². The zero-order valence-corrected chi connectivity index (χ0v) is 11.7. The molecule has 0 fully saturated rings. The van der Waals surface area contributed by atoms with Gasteiger partial charge in [0.1, 0.15) is 5.75 Å². The lowest BCUT2D eigenvalue weighted by molar-refractivity contribution is 0.104. The third-order valence-corrected chi connectivity index (χ3v) is 3.09. The molecular formula is C16H14ClNO2. The second-order valence-corrected chi connectivity index (χ2v) is 4.64. The van der Waals surface area contributed by atoms with E-state index in [0.29, 0.717) is 22.0 Å². The number of allylic oxidation sites excluding steroid dienone is 1. The maximum atomic E-state index is 12.1. The van der Waals surface area contributed by atoms with Crippen LogP contribution >= 0.6 is 11.6 Å². The number of methoxy groups -OCH3 is 1. The van der Waals surface area contributed by atoms with E-state index in [9.17, 15) is 4.79 Å². The smallest absolute Gasteiger partial charge is 0.187 e. The van der Waals surface area contributed by atoms with Gasteiger partial charge in [0.2, 0.25) is 0 Å². The summed E-state index contributed by atoms with van der Waals surface area (Å²) in [5.41, 5.74) is 7.64. The fraction of sp³-hybridized carbons (Fsp3) is 0.0625. The molecule has 2 rings (SSSR count). The summed E-state index contributed by atoms with van der Waals surface area (Å²) in [7, 11) is 1.58. The van der Waals surface area contributed by atoms with Gasteiger partial charge in [0, 0.05) is 22.4 Å². The van der Waals surface area contributed by atoms with Crippen LogP contribution < -0.4 is 10.5 Å². The summed E-state index contributed by atoms with van der Waals surface area (Å²) in [6.07, 6.45) is 1.41. The van der Waals surface area contributed by atoms with Crippen LogP contribution in [0, 0.1) is 0 Å². The SMILES string of the molecule is COc1ccc(C(=O)/C=C(\N)c2ccc(Cl)cc2)cc1. The number of benzene rings is 2.